The molecule has 0 spiro atoms. The average molecular weight is 624 g/mol. The van der Waals surface area contributed by atoms with E-state index in [1.54, 1.807) is 0 Å². The summed E-state index contributed by atoms with van der Waals surface area (Å²) in [6.07, 6.45) is 0. The predicted octanol–water partition coefficient (Wildman–Crippen LogP) is 13.6. The Kier molecular flexibility index (Phi) is 7.22. The quantitative estimate of drug-likeness (QED) is 0.167. The molecule has 0 atom stereocenters. The van der Waals surface area contributed by atoms with Crippen molar-refractivity contribution in [3.63, 3.8) is 0 Å². The lowest BCUT2D eigenvalue weighted by molar-refractivity contribution is 1.28. The van der Waals surface area contributed by atoms with E-state index in [9.17, 15) is 0 Å². The minimum atomic E-state index is 1.11. The number of benzene rings is 9. The molecular formula is C48H33N. The van der Waals surface area contributed by atoms with Crippen molar-refractivity contribution in [2.45, 2.75) is 0 Å². The number of hydrogen-bond donors (Lipinski definition) is 0. The molecule has 0 bridgehead atoms. The Balaban J connectivity index is 1.12. The Morgan fingerprint density at radius 2 is 0.714 bits per heavy atom. The average Bonchev–Trinajstić information content (AvgIpc) is 3.19. The summed E-state index contributed by atoms with van der Waals surface area (Å²) >= 11 is 0. The molecule has 0 aliphatic rings. The molecule has 9 aromatic carbocycles. The van der Waals surface area contributed by atoms with Crippen LogP contribution in [0.15, 0.2) is 200 Å². The lowest BCUT2D eigenvalue weighted by Gasteiger charge is -2.26. The molecule has 9 aromatic rings. The first-order chi connectivity index (χ1) is 24.3. The van der Waals surface area contributed by atoms with E-state index in [0.29, 0.717) is 0 Å². The normalized spacial score (nSPS) is 11.3. The van der Waals surface area contributed by atoms with E-state index in [0.717, 1.165) is 17.1 Å². The second kappa shape index (κ2) is 12.3. The van der Waals surface area contributed by atoms with Crippen LogP contribution in [0.25, 0.3) is 65.7 Å². The van der Waals surface area contributed by atoms with Gasteiger partial charge in [0.05, 0.1) is 0 Å². The molecule has 49 heavy (non-hydrogen) atoms. The third-order valence-electron chi connectivity index (χ3n) is 9.65. The van der Waals surface area contributed by atoms with Gasteiger partial charge in [0.25, 0.3) is 0 Å². The summed E-state index contributed by atoms with van der Waals surface area (Å²) in [6.45, 7) is 0. The van der Waals surface area contributed by atoms with Crippen molar-refractivity contribution >= 4 is 49.4 Å². The van der Waals surface area contributed by atoms with Gasteiger partial charge in [0.1, 0.15) is 0 Å². The minimum absolute atomic E-state index is 1.11. The second-order valence-corrected chi connectivity index (χ2v) is 12.5. The zero-order chi connectivity index (χ0) is 32.6. The van der Waals surface area contributed by atoms with Crippen LogP contribution in [0.5, 0.6) is 0 Å². The van der Waals surface area contributed by atoms with E-state index >= 15 is 0 Å². The highest BCUT2D eigenvalue weighted by atomic mass is 15.1. The van der Waals surface area contributed by atoms with Crippen molar-refractivity contribution in [2.24, 2.45) is 0 Å². The van der Waals surface area contributed by atoms with E-state index in [-0.39, 0.29) is 0 Å². The highest BCUT2D eigenvalue weighted by Gasteiger charge is 2.15. The van der Waals surface area contributed by atoms with Crippen molar-refractivity contribution < 1.29 is 0 Å². The summed E-state index contributed by atoms with van der Waals surface area (Å²) in [5.41, 5.74) is 10.7. The molecule has 1 nitrogen and oxygen atoms in total. The number of para-hydroxylation sites is 1. The topological polar surface area (TPSA) is 3.24 Å². The molecule has 9 rings (SSSR count). The van der Waals surface area contributed by atoms with Crippen molar-refractivity contribution in [3.8, 4) is 33.4 Å². The Labute approximate surface area is 287 Å². The number of hydrogen-bond acceptors (Lipinski definition) is 1. The molecule has 0 aliphatic carbocycles. The monoisotopic (exact) mass is 623 g/mol. The molecule has 0 unspecified atom stereocenters. The summed E-state index contributed by atoms with van der Waals surface area (Å²) in [5, 5.41) is 7.70. The van der Waals surface area contributed by atoms with Gasteiger partial charge < -0.3 is 4.90 Å². The van der Waals surface area contributed by atoms with Crippen LogP contribution >= 0.6 is 0 Å². The summed E-state index contributed by atoms with van der Waals surface area (Å²) in [7, 11) is 0. The molecular weight excluding hydrogens is 591 g/mol. The largest absolute Gasteiger partial charge is 0.311 e. The summed E-state index contributed by atoms with van der Waals surface area (Å²) in [5.74, 6) is 0. The maximum Gasteiger partial charge on any atom is 0.0462 e. The van der Waals surface area contributed by atoms with Crippen LogP contribution in [0.4, 0.5) is 17.1 Å². The van der Waals surface area contributed by atoms with Crippen LogP contribution in [0.2, 0.25) is 0 Å². The van der Waals surface area contributed by atoms with Gasteiger partial charge >= 0.3 is 0 Å². The zero-order valence-electron chi connectivity index (χ0n) is 27.0. The number of anilines is 3. The molecule has 0 radical (unpaired) electrons. The Bertz CT molecular complexity index is 2570. The van der Waals surface area contributed by atoms with E-state index in [4.69, 9.17) is 0 Å². The van der Waals surface area contributed by atoms with Crippen LogP contribution < -0.4 is 4.90 Å². The van der Waals surface area contributed by atoms with Gasteiger partial charge in [-0.15, -0.1) is 0 Å². The fraction of sp³-hybridized carbons (Fsp3) is 0. The highest BCUT2D eigenvalue weighted by molar-refractivity contribution is 6.23. The van der Waals surface area contributed by atoms with Crippen molar-refractivity contribution in [2.75, 3.05) is 4.90 Å². The second-order valence-electron chi connectivity index (χ2n) is 12.5. The maximum atomic E-state index is 2.36. The van der Waals surface area contributed by atoms with Crippen LogP contribution in [-0.4, -0.2) is 0 Å². The van der Waals surface area contributed by atoms with E-state index in [2.05, 4.69) is 205 Å². The SMILES string of the molecule is c1ccc(-c2ccccc2-c2ccc(N(c3ccccc3)c3ccc(-c4cc5ccc6ccccc6c5c5ccccc45)cc3)cc2)cc1. The highest BCUT2D eigenvalue weighted by Crippen LogP contribution is 2.41. The summed E-state index contributed by atoms with van der Waals surface area (Å²) < 4.78 is 0. The van der Waals surface area contributed by atoms with Gasteiger partial charge in [0, 0.05) is 17.1 Å². The molecule has 1 heteroatoms. The van der Waals surface area contributed by atoms with Crippen molar-refractivity contribution in [1.82, 2.24) is 0 Å². The molecule has 0 saturated carbocycles. The molecule has 0 N–H and O–H groups in total. The van der Waals surface area contributed by atoms with Crippen molar-refractivity contribution in [3.05, 3.63) is 200 Å². The van der Waals surface area contributed by atoms with Crippen LogP contribution in [-0.2, 0) is 0 Å². The van der Waals surface area contributed by atoms with Gasteiger partial charge in [0.15, 0.2) is 0 Å². The first kappa shape index (κ1) is 28.8. The predicted molar refractivity (Wildman–Crippen MR) is 210 cm³/mol. The molecule has 0 aromatic heterocycles. The van der Waals surface area contributed by atoms with Crippen LogP contribution in [0, 0.1) is 0 Å². The molecule has 0 fully saturated rings. The minimum Gasteiger partial charge on any atom is -0.311 e. The van der Waals surface area contributed by atoms with E-state index < -0.39 is 0 Å². The van der Waals surface area contributed by atoms with E-state index in [1.165, 1.54) is 65.7 Å². The summed E-state index contributed by atoms with van der Waals surface area (Å²) in [6, 6.07) is 72.3. The number of nitrogens with zero attached hydrogens (tertiary/aromatic N) is 1. The van der Waals surface area contributed by atoms with Crippen LogP contribution in [0.1, 0.15) is 0 Å². The van der Waals surface area contributed by atoms with Gasteiger partial charge in [-0.1, -0.05) is 158 Å². The summed E-state index contributed by atoms with van der Waals surface area (Å²) in [4.78, 5) is 2.33. The van der Waals surface area contributed by atoms with Gasteiger partial charge in [-0.2, -0.15) is 0 Å². The molecule has 0 amide bonds. The Morgan fingerprint density at radius 3 is 1.37 bits per heavy atom. The lowest BCUT2D eigenvalue weighted by Crippen LogP contribution is -2.09. The lowest BCUT2D eigenvalue weighted by atomic mass is 9.90. The smallest absolute Gasteiger partial charge is 0.0462 e. The molecule has 230 valence electrons. The third-order valence-corrected chi connectivity index (χ3v) is 9.65. The molecule has 0 aliphatic heterocycles. The first-order valence-electron chi connectivity index (χ1n) is 16.9. The van der Waals surface area contributed by atoms with Crippen LogP contribution in [0.3, 0.4) is 0 Å². The van der Waals surface area contributed by atoms with Gasteiger partial charge in [-0.3, -0.25) is 0 Å². The molecule has 0 heterocycles. The Morgan fingerprint density at radius 1 is 0.265 bits per heavy atom. The number of rotatable bonds is 6. The standard InChI is InChI=1S/C48H33N/c1-3-13-34(14-4-1)42-18-9-10-19-43(42)36-25-29-40(30-26-36)49(39-16-5-2-6-17-39)41-31-27-37(28-32-41)47-33-38-24-23-35-15-7-8-20-44(35)48(38)46-22-12-11-21-45(46)47/h1-33H. The van der Waals surface area contributed by atoms with Gasteiger partial charge in [-0.25, -0.2) is 0 Å². The number of fused-ring (bicyclic) bond motifs is 5. The van der Waals surface area contributed by atoms with Gasteiger partial charge in [-0.05, 0) is 108 Å². The van der Waals surface area contributed by atoms with Gasteiger partial charge in [0.2, 0.25) is 0 Å². The Hall–Kier alpha value is -6.44. The zero-order valence-corrected chi connectivity index (χ0v) is 27.0. The fourth-order valence-corrected chi connectivity index (χ4v) is 7.33. The third kappa shape index (κ3) is 5.23. The van der Waals surface area contributed by atoms with Crippen molar-refractivity contribution in [1.29, 1.82) is 0 Å². The maximum absolute atomic E-state index is 2.36. The first-order valence-corrected chi connectivity index (χ1v) is 16.9. The molecule has 0 saturated heterocycles. The van der Waals surface area contributed by atoms with E-state index in [1.807, 2.05) is 0 Å². The fourth-order valence-electron chi connectivity index (χ4n) is 7.33.